The molecule has 0 bridgehead atoms. The zero-order valence-electron chi connectivity index (χ0n) is 28.7. The van der Waals surface area contributed by atoms with Gasteiger partial charge in [-0.3, -0.25) is 43.2 Å². The van der Waals surface area contributed by atoms with Crippen LogP contribution in [-0.2, 0) is 49.6 Å². The van der Waals surface area contributed by atoms with E-state index in [0.29, 0.717) is 10.4 Å². The van der Waals surface area contributed by atoms with Crippen LogP contribution in [0.5, 0.6) is 0 Å². The summed E-state index contributed by atoms with van der Waals surface area (Å²) in [5.74, 6) is -11.8. The van der Waals surface area contributed by atoms with Crippen molar-refractivity contribution in [1.82, 2.24) is 10.6 Å². The summed E-state index contributed by atoms with van der Waals surface area (Å²) >= 11 is 1.16. The minimum Gasteiger partial charge on any atom is -0.481 e. The van der Waals surface area contributed by atoms with Gasteiger partial charge in [0.05, 0.1) is 30.5 Å². The quantitative estimate of drug-likeness (QED) is 0.0694. The number of thiophene rings is 1. The third-order valence-electron chi connectivity index (χ3n) is 7.94. The van der Waals surface area contributed by atoms with E-state index in [0.717, 1.165) is 11.3 Å². The molecule has 0 aliphatic carbocycles. The maximum Gasteiger partial charge on any atom is 0.305 e. The number of carbonyl (C=O) groups is 9. The van der Waals surface area contributed by atoms with Crippen molar-refractivity contribution in [1.29, 1.82) is 5.26 Å². The summed E-state index contributed by atoms with van der Waals surface area (Å²) in [7, 11) is 0. The Labute approximate surface area is 298 Å². The molecule has 0 saturated carbocycles. The number of carboxylic acids is 2. The molecular weight excluding hydrogens is 688 g/mol. The summed E-state index contributed by atoms with van der Waals surface area (Å²) in [4.78, 5) is 112. The van der Waals surface area contributed by atoms with Crippen LogP contribution in [-0.4, -0.2) is 81.3 Å². The first-order valence-corrected chi connectivity index (χ1v) is 17.0. The summed E-state index contributed by atoms with van der Waals surface area (Å²) in [6.07, 6.45) is -3.57. The van der Waals surface area contributed by atoms with E-state index in [2.05, 4.69) is 10.6 Å². The molecule has 6 atom stereocenters. The van der Waals surface area contributed by atoms with E-state index in [9.17, 15) is 48.3 Å². The summed E-state index contributed by atoms with van der Waals surface area (Å²) in [5, 5.41) is 33.8. The fourth-order valence-electron chi connectivity index (χ4n) is 5.24. The summed E-state index contributed by atoms with van der Waals surface area (Å²) in [6.45, 7) is 4.85. The fraction of sp³-hybridized carbons (Fsp3) is 0.576. The second-order valence-corrected chi connectivity index (χ2v) is 13.8. The van der Waals surface area contributed by atoms with E-state index < -0.39 is 127 Å². The number of carboxylic acid groups (broad SMARTS) is 2. The SMILES string of the molecule is CC(C)C[C@H](CC(=O)[C@@H](N)CC(=O)O)C(=O)N[C@@H](CCC(=O)O)C(=O)C[C@@H](CC(N)=O)C(=O)N[C@@H](C)C(=O)C[C@@H](Cc1csc(C#N)c1)C(N)=O. The van der Waals surface area contributed by atoms with Crippen LogP contribution >= 0.6 is 11.3 Å². The lowest BCUT2D eigenvalue weighted by Crippen LogP contribution is -2.48. The lowest BCUT2D eigenvalue weighted by atomic mass is 9.88. The maximum atomic E-state index is 13.5. The normalized spacial score (nSPS) is 14.5. The van der Waals surface area contributed by atoms with Gasteiger partial charge in [0.25, 0.3) is 0 Å². The Morgan fingerprint density at radius 2 is 1.39 bits per heavy atom. The summed E-state index contributed by atoms with van der Waals surface area (Å²) < 4.78 is 0. The number of nitrogens with one attached hydrogen (secondary N) is 2. The van der Waals surface area contributed by atoms with Crippen molar-refractivity contribution in [2.75, 3.05) is 0 Å². The third-order valence-corrected chi connectivity index (χ3v) is 8.82. The van der Waals surface area contributed by atoms with E-state index >= 15 is 0 Å². The highest BCUT2D eigenvalue weighted by Gasteiger charge is 2.34. The second-order valence-electron chi connectivity index (χ2n) is 12.9. The van der Waals surface area contributed by atoms with E-state index in [-0.39, 0.29) is 25.2 Å². The van der Waals surface area contributed by atoms with Crippen molar-refractivity contribution >= 4 is 64.3 Å². The van der Waals surface area contributed by atoms with Crippen LogP contribution in [0.2, 0.25) is 0 Å². The highest BCUT2D eigenvalue weighted by molar-refractivity contribution is 7.10. The van der Waals surface area contributed by atoms with Gasteiger partial charge in [0.15, 0.2) is 17.3 Å². The van der Waals surface area contributed by atoms with Crippen LogP contribution in [0.3, 0.4) is 0 Å². The van der Waals surface area contributed by atoms with Crippen molar-refractivity contribution in [2.24, 2.45) is 40.9 Å². The van der Waals surface area contributed by atoms with Gasteiger partial charge in [0.2, 0.25) is 23.6 Å². The van der Waals surface area contributed by atoms with Crippen LogP contribution in [0, 0.1) is 35.0 Å². The standard InChI is InChI=1S/C33H46N6O11S/c1-16(2)6-20(10-26(41)23(35)13-30(46)47)33(50)39-24(4-5-29(44)45)27(42)11-21(12-28(36)43)32(49)38-17(3)25(40)9-19(31(37)48)7-18-8-22(14-34)51-15-18/h8,15-17,19-21,23-24H,4-7,9-13,35H2,1-3H3,(H2,36,43)(H2,37,48)(H,38,49)(H,39,50)(H,44,45)(H,46,47)/t17-,19+,20+,21-,23-,24-/m0/s1. The maximum absolute atomic E-state index is 13.5. The molecule has 1 aromatic heterocycles. The lowest BCUT2D eigenvalue weighted by molar-refractivity contribution is -0.140. The molecule has 0 unspecified atom stereocenters. The number of nitrogens with zero attached hydrogens (tertiary/aromatic N) is 1. The van der Waals surface area contributed by atoms with Gasteiger partial charge in [-0.1, -0.05) is 13.8 Å². The van der Waals surface area contributed by atoms with Gasteiger partial charge in [-0.15, -0.1) is 11.3 Å². The molecule has 51 heavy (non-hydrogen) atoms. The average molecular weight is 735 g/mol. The lowest BCUT2D eigenvalue weighted by Gasteiger charge is -2.25. The van der Waals surface area contributed by atoms with Gasteiger partial charge in [0, 0.05) is 43.9 Å². The number of nitriles is 1. The van der Waals surface area contributed by atoms with Crippen LogP contribution in [0.1, 0.15) is 82.6 Å². The van der Waals surface area contributed by atoms with Crippen molar-refractivity contribution < 1.29 is 53.4 Å². The number of primary amides is 2. The first-order chi connectivity index (χ1) is 23.7. The molecule has 0 saturated heterocycles. The van der Waals surface area contributed by atoms with Crippen molar-refractivity contribution in [2.45, 2.75) is 96.7 Å². The number of Topliss-reactive ketones (excluding diaryl/α,β-unsaturated/α-hetero) is 3. The third kappa shape index (κ3) is 16.5. The monoisotopic (exact) mass is 734 g/mol. The molecule has 1 rings (SSSR count). The molecule has 1 heterocycles. The van der Waals surface area contributed by atoms with Crippen LogP contribution in [0.15, 0.2) is 11.4 Å². The Kier molecular flexibility index (Phi) is 18.3. The molecule has 1 aromatic rings. The van der Waals surface area contributed by atoms with Gasteiger partial charge < -0.3 is 38.0 Å². The molecule has 0 radical (unpaired) electrons. The van der Waals surface area contributed by atoms with Crippen molar-refractivity contribution in [3.8, 4) is 6.07 Å². The first-order valence-electron chi connectivity index (χ1n) is 16.2. The van der Waals surface area contributed by atoms with E-state index in [1.807, 2.05) is 6.07 Å². The Morgan fingerprint density at radius 3 is 1.90 bits per heavy atom. The molecule has 10 N–H and O–H groups in total. The number of hydrogen-bond acceptors (Lipinski definition) is 12. The number of amides is 4. The highest BCUT2D eigenvalue weighted by Crippen LogP contribution is 2.21. The predicted molar refractivity (Wildman–Crippen MR) is 181 cm³/mol. The van der Waals surface area contributed by atoms with Gasteiger partial charge in [0.1, 0.15) is 10.9 Å². The average Bonchev–Trinajstić information content (AvgIpc) is 3.48. The second kappa shape index (κ2) is 21.3. The molecule has 280 valence electrons. The molecule has 0 aromatic carbocycles. The summed E-state index contributed by atoms with van der Waals surface area (Å²) in [6, 6.07) is -0.510. The number of ketones is 3. The van der Waals surface area contributed by atoms with Crippen LogP contribution < -0.4 is 27.8 Å². The number of hydrogen-bond donors (Lipinski definition) is 7. The highest BCUT2D eigenvalue weighted by atomic mass is 32.1. The minimum absolute atomic E-state index is 0.0729. The van der Waals surface area contributed by atoms with Crippen LogP contribution in [0.25, 0.3) is 0 Å². The molecule has 17 nitrogen and oxygen atoms in total. The molecular formula is C33H46N6O11S. The molecule has 18 heteroatoms. The molecule has 0 aliphatic heterocycles. The molecule has 0 fully saturated rings. The Morgan fingerprint density at radius 1 is 0.804 bits per heavy atom. The van der Waals surface area contributed by atoms with Crippen molar-refractivity contribution in [3.05, 3.63) is 21.9 Å². The van der Waals surface area contributed by atoms with Gasteiger partial charge >= 0.3 is 11.9 Å². The zero-order chi connectivity index (χ0) is 39.0. The summed E-state index contributed by atoms with van der Waals surface area (Å²) in [5.41, 5.74) is 17.1. The first kappa shape index (κ1) is 44.0. The van der Waals surface area contributed by atoms with Gasteiger partial charge in [-0.25, -0.2) is 0 Å². The molecule has 0 aliphatic rings. The van der Waals surface area contributed by atoms with E-state index in [4.69, 9.17) is 27.6 Å². The number of aliphatic carboxylic acids is 2. The zero-order valence-corrected chi connectivity index (χ0v) is 29.5. The van der Waals surface area contributed by atoms with Gasteiger partial charge in [-0.2, -0.15) is 5.26 Å². The Bertz CT molecular complexity index is 1520. The van der Waals surface area contributed by atoms with Crippen LogP contribution in [0.4, 0.5) is 0 Å². The number of nitrogens with two attached hydrogens (primary N) is 3. The Balaban J connectivity index is 3.13. The largest absolute Gasteiger partial charge is 0.481 e. The fourth-order valence-corrected chi connectivity index (χ4v) is 5.95. The minimum atomic E-state index is -1.47. The van der Waals surface area contributed by atoms with E-state index in [1.54, 1.807) is 25.3 Å². The van der Waals surface area contributed by atoms with Crippen molar-refractivity contribution in [3.63, 3.8) is 0 Å². The van der Waals surface area contributed by atoms with Gasteiger partial charge in [-0.05, 0) is 49.1 Å². The Hall–Kier alpha value is -5.02. The van der Waals surface area contributed by atoms with E-state index in [1.165, 1.54) is 6.92 Å². The number of rotatable bonds is 25. The number of carbonyl (C=O) groups excluding carboxylic acids is 7. The predicted octanol–water partition coefficient (Wildman–Crippen LogP) is -0.0484. The smallest absolute Gasteiger partial charge is 0.305 e. The topological polar surface area (TPSA) is 320 Å². The molecule has 0 spiro atoms. The molecule has 4 amide bonds.